The quantitative estimate of drug-likeness (QED) is 0.201. The number of hydrogen-bond donors (Lipinski definition) is 1. The lowest BCUT2D eigenvalue weighted by Crippen LogP contribution is -2.31. The zero-order chi connectivity index (χ0) is 27.3. The lowest BCUT2D eigenvalue weighted by atomic mass is 9.83. The number of hydrogen-bond acceptors (Lipinski definition) is 5. The molecule has 1 unspecified atom stereocenters. The van der Waals surface area contributed by atoms with E-state index in [9.17, 15) is 4.79 Å². The van der Waals surface area contributed by atoms with Crippen LogP contribution >= 0.6 is 12.6 Å². The molecule has 0 saturated heterocycles. The average Bonchev–Trinajstić information content (AvgIpc) is 3.23. The molecule has 0 saturated carbocycles. The van der Waals surface area contributed by atoms with Crippen LogP contribution in [0, 0.1) is 5.41 Å². The molecule has 5 nitrogen and oxygen atoms in total. The summed E-state index contributed by atoms with van der Waals surface area (Å²) in [5, 5.41) is 1.28. The minimum absolute atomic E-state index is 0.218. The first-order valence-corrected chi connectivity index (χ1v) is 14.6. The zero-order valence-corrected chi connectivity index (χ0v) is 24.6. The van der Waals surface area contributed by atoms with E-state index in [0.717, 1.165) is 56.9 Å². The Morgan fingerprint density at radius 1 is 1.24 bits per heavy atom. The zero-order valence-electron chi connectivity index (χ0n) is 23.7. The summed E-state index contributed by atoms with van der Waals surface area (Å²) in [5.74, 6) is 1.23. The van der Waals surface area contributed by atoms with Crippen LogP contribution in [0.1, 0.15) is 70.2 Å². The van der Waals surface area contributed by atoms with E-state index in [1.54, 1.807) is 0 Å². The fourth-order valence-corrected chi connectivity index (χ4v) is 6.06. The summed E-state index contributed by atoms with van der Waals surface area (Å²) in [6.07, 6.45) is 7.21. The lowest BCUT2D eigenvalue weighted by Gasteiger charge is -2.27. The van der Waals surface area contributed by atoms with Crippen LogP contribution in [-0.4, -0.2) is 52.9 Å². The van der Waals surface area contributed by atoms with Gasteiger partial charge in [0.25, 0.3) is 6.47 Å². The van der Waals surface area contributed by atoms with Crippen molar-refractivity contribution in [3.05, 3.63) is 59.4 Å². The molecule has 38 heavy (non-hydrogen) atoms. The number of nitrogens with zero attached hydrogens (tertiary/aromatic N) is 3. The van der Waals surface area contributed by atoms with E-state index >= 15 is 0 Å². The number of rotatable bonds is 12. The van der Waals surface area contributed by atoms with E-state index in [0.29, 0.717) is 19.0 Å². The number of thiol groups is 1. The van der Waals surface area contributed by atoms with E-state index in [1.807, 2.05) is 6.20 Å². The summed E-state index contributed by atoms with van der Waals surface area (Å²) < 4.78 is 7.73. The van der Waals surface area contributed by atoms with Crippen LogP contribution in [0.25, 0.3) is 27.7 Å². The van der Waals surface area contributed by atoms with Gasteiger partial charge in [0, 0.05) is 60.0 Å². The molecule has 1 aliphatic heterocycles. The average molecular weight is 534 g/mol. The first-order valence-electron chi connectivity index (χ1n) is 14.0. The highest BCUT2D eigenvalue weighted by molar-refractivity contribution is 7.80. The van der Waals surface area contributed by atoms with Crippen LogP contribution in [0.4, 0.5) is 0 Å². The van der Waals surface area contributed by atoms with E-state index in [4.69, 9.17) is 9.72 Å². The number of aromatic nitrogens is 2. The monoisotopic (exact) mass is 533 g/mol. The Morgan fingerprint density at radius 3 is 2.76 bits per heavy atom. The standard InChI is InChI=1S/C32H43N3O2S/c1-6-23(3)30-26(11-8-14-33-30)31-28(19-32(4,5)21-37-22-36)27-18-24(12-13-29(27)35(31)7-2)25-10-9-15-34(20-25)16-17-38/h8,10-14,18,22-23,38H,6-7,9,15-17,19-21H2,1-5H3. The third-order valence-electron chi connectivity index (χ3n) is 7.87. The Morgan fingerprint density at radius 2 is 2.05 bits per heavy atom. The summed E-state index contributed by atoms with van der Waals surface area (Å²) in [6, 6.07) is 11.3. The van der Waals surface area contributed by atoms with Crippen LogP contribution in [0.5, 0.6) is 0 Å². The summed E-state index contributed by atoms with van der Waals surface area (Å²) in [7, 11) is 0. The molecule has 0 radical (unpaired) electrons. The molecule has 1 aromatic carbocycles. The topological polar surface area (TPSA) is 47.4 Å². The van der Waals surface area contributed by atoms with Crippen molar-refractivity contribution in [2.45, 2.75) is 66.3 Å². The van der Waals surface area contributed by atoms with Crippen molar-refractivity contribution in [1.29, 1.82) is 0 Å². The molecule has 4 rings (SSSR count). The molecule has 1 aliphatic rings. The molecule has 2 aromatic heterocycles. The van der Waals surface area contributed by atoms with Crippen molar-refractivity contribution >= 4 is 35.6 Å². The minimum Gasteiger partial charge on any atom is -0.467 e. The first kappa shape index (κ1) is 28.4. The van der Waals surface area contributed by atoms with Gasteiger partial charge >= 0.3 is 0 Å². The Labute approximate surface area is 233 Å². The SMILES string of the molecule is CCC(C)c1ncccc1-c1c(CC(C)(C)COC=O)c2cc(C3=CCCN(CCS)C3)ccc2n1CC. The summed E-state index contributed by atoms with van der Waals surface area (Å²) in [5.41, 5.74) is 8.62. The van der Waals surface area contributed by atoms with Gasteiger partial charge in [0.1, 0.15) is 0 Å². The Kier molecular flexibility index (Phi) is 9.37. The third kappa shape index (κ3) is 6.02. The largest absolute Gasteiger partial charge is 0.467 e. The number of carbonyl (C=O) groups is 1. The fraction of sp³-hybridized carbons (Fsp3) is 0.500. The highest BCUT2D eigenvalue weighted by Gasteiger charge is 2.28. The summed E-state index contributed by atoms with van der Waals surface area (Å²) >= 11 is 4.46. The van der Waals surface area contributed by atoms with E-state index in [2.05, 4.69) is 93.1 Å². The maximum absolute atomic E-state index is 11.1. The van der Waals surface area contributed by atoms with Gasteiger partial charge in [-0.05, 0) is 73.1 Å². The molecule has 0 bridgehead atoms. The predicted octanol–water partition coefficient (Wildman–Crippen LogP) is 7.00. The van der Waals surface area contributed by atoms with Crippen molar-refractivity contribution in [3.8, 4) is 11.3 Å². The Balaban J connectivity index is 1.94. The number of benzene rings is 1. The van der Waals surface area contributed by atoms with Gasteiger partial charge in [0.15, 0.2) is 0 Å². The number of fused-ring (bicyclic) bond motifs is 1. The molecular weight excluding hydrogens is 490 g/mol. The molecule has 204 valence electrons. The van der Waals surface area contributed by atoms with Gasteiger partial charge in [-0.25, -0.2) is 0 Å². The van der Waals surface area contributed by atoms with Crippen LogP contribution < -0.4 is 0 Å². The smallest absolute Gasteiger partial charge is 0.293 e. The highest BCUT2D eigenvalue weighted by atomic mass is 32.1. The van der Waals surface area contributed by atoms with Crippen molar-refractivity contribution in [1.82, 2.24) is 14.5 Å². The Hall–Kier alpha value is -2.57. The van der Waals surface area contributed by atoms with Gasteiger partial charge in [-0.1, -0.05) is 39.8 Å². The minimum atomic E-state index is -0.218. The number of pyridine rings is 1. The second-order valence-electron chi connectivity index (χ2n) is 11.3. The van der Waals surface area contributed by atoms with Crippen molar-refractivity contribution in [3.63, 3.8) is 0 Å². The highest BCUT2D eigenvalue weighted by Crippen LogP contribution is 2.41. The van der Waals surface area contributed by atoms with Gasteiger partial charge in [0.05, 0.1) is 18.0 Å². The molecule has 1 atom stereocenters. The summed E-state index contributed by atoms with van der Waals surface area (Å²) in [4.78, 5) is 18.4. The molecule has 3 aromatic rings. The van der Waals surface area contributed by atoms with Gasteiger partial charge in [-0.3, -0.25) is 14.7 Å². The number of ether oxygens (including phenoxy) is 1. The molecule has 3 heterocycles. The van der Waals surface area contributed by atoms with Crippen LogP contribution in [0.15, 0.2) is 42.6 Å². The molecule has 6 heteroatoms. The second-order valence-corrected chi connectivity index (χ2v) is 11.8. The predicted molar refractivity (Wildman–Crippen MR) is 162 cm³/mol. The Bertz CT molecular complexity index is 1290. The molecular formula is C32H43N3O2S. The molecule has 0 amide bonds. The number of carbonyl (C=O) groups excluding carboxylic acids is 1. The van der Waals surface area contributed by atoms with E-state index < -0.39 is 0 Å². The van der Waals surface area contributed by atoms with E-state index in [1.165, 1.54) is 38.9 Å². The number of aryl methyl sites for hydroxylation is 1. The maximum Gasteiger partial charge on any atom is 0.293 e. The van der Waals surface area contributed by atoms with E-state index in [-0.39, 0.29) is 5.41 Å². The van der Waals surface area contributed by atoms with Gasteiger partial charge in [0.2, 0.25) is 0 Å². The van der Waals surface area contributed by atoms with Crippen molar-refractivity contribution < 1.29 is 9.53 Å². The first-order chi connectivity index (χ1) is 18.3. The van der Waals surface area contributed by atoms with Crippen LogP contribution in [-0.2, 0) is 22.5 Å². The molecule has 0 fully saturated rings. The maximum atomic E-state index is 11.1. The summed E-state index contributed by atoms with van der Waals surface area (Å²) in [6.45, 7) is 15.9. The van der Waals surface area contributed by atoms with Crippen molar-refractivity contribution in [2.75, 3.05) is 32.0 Å². The van der Waals surface area contributed by atoms with Crippen molar-refractivity contribution in [2.24, 2.45) is 5.41 Å². The molecule has 0 N–H and O–H groups in total. The van der Waals surface area contributed by atoms with Gasteiger partial charge in [-0.15, -0.1) is 0 Å². The van der Waals surface area contributed by atoms with Crippen LogP contribution in [0.2, 0.25) is 0 Å². The second kappa shape index (κ2) is 12.5. The van der Waals surface area contributed by atoms with Crippen LogP contribution in [0.3, 0.4) is 0 Å². The van der Waals surface area contributed by atoms with Gasteiger partial charge < -0.3 is 9.30 Å². The molecule has 0 aliphatic carbocycles. The normalized spacial score (nSPS) is 15.5. The van der Waals surface area contributed by atoms with Gasteiger partial charge in [-0.2, -0.15) is 12.6 Å². The fourth-order valence-electron chi connectivity index (χ4n) is 5.78. The lowest BCUT2D eigenvalue weighted by molar-refractivity contribution is -0.131. The third-order valence-corrected chi connectivity index (χ3v) is 8.07. The molecule has 0 spiro atoms.